The van der Waals surface area contributed by atoms with Gasteiger partial charge in [0.25, 0.3) is 0 Å². The van der Waals surface area contributed by atoms with Crippen molar-refractivity contribution in [3.05, 3.63) is 44.5 Å². The molecule has 0 aliphatic carbocycles. The van der Waals surface area contributed by atoms with E-state index in [0.717, 1.165) is 0 Å². The molecule has 0 fully saturated rings. The fourth-order valence-electron chi connectivity index (χ4n) is 1.39. The summed E-state index contributed by atoms with van der Waals surface area (Å²) in [5, 5.41) is 0. The molecule has 5 nitrogen and oxygen atoms in total. The lowest BCUT2D eigenvalue weighted by Crippen LogP contribution is -2.17. The van der Waals surface area contributed by atoms with Crippen LogP contribution in [0.15, 0.2) is 27.9 Å². The van der Waals surface area contributed by atoms with Crippen molar-refractivity contribution in [3.8, 4) is 0 Å². The van der Waals surface area contributed by atoms with Gasteiger partial charge in [0.15, 0.2) is 5.78 Å². The number of carbonyl (C=O) groups is 1. The summed E-state index contributed by atoms with van der Waals surface area (Å²) in [4.78, 5) is 39.0. The SMILES string of the molecule is CC(=O)c1c[nH]c2ccc(=O)[nH]c2c1=O. The van der Waals surface area contributed by atoms with Crippen LogP contribution in [0.1, 0.15) is 17.3 Å². The molecule has 0 bridgehead atoms. The number of hydrogen-bond donors (Lipinski definition) is 2. The van der Waals surface area contributed by atoms with Gasteiger partial charge in [0, 0.05) is 12.3 Å². The van der Waals surface area contributed by atoms with Crippen molar-refractivity contribution in [2.75, 3.05) is 0 Å². The summed E-state index contributed by atoms with van der Waals surface area (Å²) in [5.41, 5.74) is -0.133. The first-order chi connectivity index (χ1) is 7.09. The van der Waals surface area contributed by atoms with Crippen LogP contribution in [-0.2, 0) is 0 Å². The zero-order valence-electron chi connectivity index (χ0n) is 7.96. The second-order valence-corrected chi connectivity index (χ2v) is 3.20. The normalized spacial score (nSPS) is 10.5. The van der Waals surface area contributed by atoms with Crippen LogP contribution in [0.5, 0.6) is 0 Å². The summed E-state index contributed by atoms with van der Waals surface area (Å²) in [6.07, 6.45) is 1.35. The van der Waals surface area contributed by atoms with Crippen LogP contribution in [0.4, 0.5) is 0 Å². The maximum atomic E-state index is 11.7. The number of hydrogen-bond acceptors (Lipinski definition) is 3. The first kappa shape index (κ1) is 9.39. The molecule has 2 N–H and O–H groups in total. The highest BCUT2D eigenvalue weighted by molar-refractivity contribution is 5.96. The molecule has 0 aliphatic heterocycles. The lowest BCUT2D eigenvalue weighted by Gasteiger charge is -1.98. The number of nitrogens with one attached hydrogen (secondary N) is 2. The third kappa shape index (κ3) is 1.48. The van der Waals surface area contributed by atoms with E-state index in [-0.39, 0.29) is 22.4 Å². The zero-order chi connectivity index (χ0) is 11.0. The number of H-pyrrole nitrogens is 2. The molecule has 0 unspecified atom stereocenters. The molecule has 2 heterocycles. The summed E-state index contributed by atoms with van der Waals surface area (Å²) in [7, 11) is 0. The molecule has 0 amide bonds. The van der Waals surface area contributed by atoms with Crippen molar-refractivity contribution in [3.63, 3.8) is 0 Å². The summed E-state index contributed by atoms with van der Waals surface area (Å²) >= 11 is 0. The highest BCUT2D eigenvalue weighted by atomic mass is 16.1. The highest BCUT2D eigenvalue weighted by Crippen LogP contribution is 2.02. The average molecular weight is 204 g/mol. The van der Waals surface area contributed by atoms with E-state index in [1.807, 2.05) is 0 Å². The minimum absolute atomic E-state index is 0.0457. The van der Waals surface area contributed by atoms with Gasteiger partial charge in [-0.15, -0.1) is 0 Å². The van der Waals surface area contributed by atoms with Gasteiger partial charge in [-0.3, -0.25) is 14.4 Å². The monoisotopic (exact) mass is 204 g/mol. The Morgan fingerprint density at radius 2 is 2.00 bits per heavy atom. The van der Waals surface area contributed by atoms with Gasteiger partial charge in [0.1, 0.15) is 5.52 Å². The predicted octanol–water partition coefficient (Wildman–Crippen LogP) is 0.419. The number of carbonyl (C=O) groups excluding carboxylic acids is 1. The maximum Gasteiger partial charge on any atom is 0.248 e. The minimum atomic E-state index is -0.450. The van der Waals surface area contributed by atoms with E-state index >= 15 is 0 Å². The fraction of sp³-hybridized carbons (Fsp3) is 0.100. The Balaban J connectivity index is 2.95. The molecule has 2 aromatic heterocycles. The number of Topliss-reactive ketones (excluding diaryl/α,β-unsaturated/α-hetero) is 1. The van der Waals surface area contributed by atoms with Crippen molar-refractivity contribution < 1.29 is 4.79 Å². The van der Waals surface area contributed by atoms with Crippen molar-refractivity contribution >= 4 is 16.8 Å². The molecule has 0 spiro atoms. The summed E-state index contributed by atoms with van der Waals surface area (Å²) in [6.45, 7) is 1.30. The second kappa shape index (κ2) is 3.20. The van der Waals surface area contributed by atoms with Crippen molar-refractivity contribution in [2.45, 2.75) is 6.92 Å². The Labute approximate surface area is 83.8 Å². The number of fused-ring (bicyclic) bond motifs is 1. The van der Waals surface area contributed by atoms with Gasteiger partial charge in [-0.25, -0.2) is 0 Å². The van der Waals surface area contributed by atoms with Crippen LogP contribution in [-0.4, -0.2) is 15.8 Å². The molecule has 0 aliphatic rings. The van der Waals surface area contributed by atoms with Crippen molar-refractivity contribution in [1.29, 1.82) is 0 Å². The van der Waals surface area contributed by atoms with E-state index in [1.165, 1.54) is 25.3 Å². The van der Waals surface area contributed by atoms with Crippen LogP contribution in [0.25, 0.3) is 11.0 Å². The van der Waals surface area contributed by atoms with Crippen LogP contribution in [0, 0.1) is 0 Å². The van der Waals surface area contributed by atoms with Crippen LogP contribution >= 0.6 is 0 Å². The molecule has 5 heteroatoms. The molecule has 2 rings (SSSR count). The quantitative estimate of drug-likeness (QED) is 0.660. The molecule has 0 saturated carbocycles. The summed E-state index contributed by atoms with van der Waals surface area (Å²) in [6, 6.07) is 2.81. The third-order valence-corrected chi connectivity index (χ3v) is 2.14. The molecule has 2 aromatic rings. The number of ketones is 1. The molecule has 0 atom stereocenters. The molecule has 15 heavy (non-hydrogen) atoms. The van der Waals surface area contributed by atoms with Crippen molar-refractivity contribution in [1.82, 2.24) is 9.97 Å². The Morgan fingerprint density at radius 3 is 2.67 bits per heavy atom. The summed E-state index contributed by atoms with van der Waals surface area (Å²) < 4.78 is 0. The van der Waals surface area contributed by atoms with Gasteiger partial charge in [-0.1, -0.05) is 0 Å². The van der Waals surface area contributed by atoms with Crippen molar-refractivity contribution in [2.24, 2.45) is 0 Å². The smallest absolute Gasteiger partial charge is 0.248 e. The fourth-order valence-corrected chi connectivity index (χ4v) is 1.39. The van der Waals surface area contributed by atoms with Crippen LogP contribution in [0.2, 0.25) is 0 Å². The van der Waals surface area contributed by atoms with E-state index in [4.69, 9.17) is 0 Å². The Bertz CT molecular complexity index is 652. The molecule has 0 saturated heterocycles. The Hall–Kier alpha value is -2.17. The third-order valence-electron chi connectivity index (χ3n) is 2.14. The zero-order valence-corrected chi connectivity index (χ0v) is 7.96. The minimum Gasteiger partial charge on any atom is -0.359 e. The lowest BCUT2D eigenvalue weighted by atomic mass is 10.2. The van der Waals surface area contributed by atoms with E-state index in [9.17, 15) is 14.4 Å². The Kier molecular flexibility index (Phi) is 2.00. The van der Waals surface area contributed by atoms with Gasteiger partial charge in [0.05, 0.1) is 11.1 Å². The van der Waals surface area contributed by atoms with E-state index in [1.54, 1.807) is 0 Å². The van der Waals surface area contributed by atoms with Gasteiger partial charge < -0.3 is 9.97 Å². The number of rotatable bonds is 1. The largest absolute Gasteiger partial charge is 0.359 e. The highest BCUT2D eigenvalue weighted by Gasteiger charge is 2.08. The Morgan fingerprint density at radius 1 is 1.27 bits per heavy atom. The predicted molar refractivity (Wildman–Crippen MR) is 55.2 cm³/mol. The molecule has 0 radical (unpaired) electrons. The summed E-state index contributed by atoms with van der Waals surface area (Å²) in [5.74, 6) is -0.331. The first-order valence-corrected chi connectivity index (χ1v) is 4.35. The van der Waals surface area contributed by atoms with Gasteiger partial charge in [-0.2, -0.15) is 0 Å². The molecular formula is C10H8N2O3. The molecular weight excluding hydrogens is 196 g/mol. The number of aromatic nitrogens is 2. The van der Waals surface area contributed by atoms with E-state index in [0.29, 0.717) is 5.52 Å². The van der Waals surface area contributed by atoms with Gasteiger partial charge in [-0.05, 0) is 13.0 Å². The number of aromatic amines is 2. The lowest BCUT2D eigenvalue weighted by molar-refractivity contribution is 0.101. The van der Waals surface area contributed by atoms with Crippen LogP contribution < -0.4 is 11.0 Å². The van der Waals surface area contributed by atoms with Gasteiger partial charge in [0.2, 0.25) is 11.0 Å². The second-order valence-electron chi connectivity index (χ2n) is 3.20. The topological polar surface area (TPSA) is 82.8 Å². The number of pyridine rings is 2. The average Bonchev–Trinajstić information content (AvgIpc) is 2.19. The maximum absolute atomic E-state index is 11.7. The molecule has 0 aromatic carbocycles. The van der Waals surface area contributed by atoms with E-state index in [2.05, 4.69) is 9.97 Å². The van der Waals surface area contributed by atoms with E-state index < -0.39 is 5.43 Å². The molecule has 76 valence electrons. The first-order valence-electron chi connectivity index (χ1n) is 4.35. The standard InChI is InChI=1S/C10H8N2O3/c1-5(13)6-4-11-7-2-3-8(14)12-9(7)10(6)15/h2-4H,1H3,(H,11,15)(H,12,14). The van der Waals surface area contributed by atoms with Crippen LogP contribution in [0.3, 0.4) is 0 Å². The van der Waals surface area contributed by atoms with Gasteiger partial charge >= 0.3 is 0 Å².